The Morgan fingerprint density at radius 2 is 1.70 bits per heavy atom. The Hall–Kier alpha value is -1.59. The molecule has 0 aromatic heterocycles. The summed E-state index contributed by atoms with van der Waals surface area (Å²) < 4.78 is 4.65. The third-order valence-electron chi connectivity index (χ3n) is 2.62. The summed E-state index contributed by atoms with van der Waals surface area (Å²) in [5.41, 5.74) is -0.556. The molecular formula is C14H26N2O4. The van der Waals surface area contributed by atoms with E-state index in [1.54, 1.807) is 20.8 Å². The highest BCUT2D eigenvalue weighted by Crippen LogP contribution is 2.12. The largest absolute Gasteiger partial charge is 0.467 e. The average molecular weight is 286 g/mol. The number of rotatable bonds is 6. The van der Waals surface area contributed by atoms with Crippen molar-refractivity contribution in [3.63, 3.8) is 0 Å². The van der Waals surface area contributed by atoms with Crippen LogP contribution in [0.4, 0.5) is 0 Å². The van der Waals surface area contributed by atoms with Crippen molar-refractivity contribution in [3.05, 3.63) is 0 Å². The van der Waals surface area contributed by atoms with E-state index in [2.05, 4.69) is 15.4 Å². The van der Waals surface area contributed by atoms with Gasteiger partial charge in [0.05, 0.1) is 13.7 Å². The van der Waals surface area contributed by atoms with E-state index in [1.165, 1.54) is 7.11 Å². The number of hydrogen-bond acceptors (Lipinski definition) is 4. The number of methoxy groups -OCH3 is 1. The molecular weight excluding hydrogens is 260 g/mol. The number of carbonyl (C=O) groups excluding carboxylic acids is 3. The van der Waals surface area contributed by atoms with Crippen LogP contribution in [0, 0.1) is 11.3 Å². The summed E-state index contributed by atoms with van der Waals surface area (Å²) in [5.74, 6) is -0.859. The first-order valence-electron chi connectivity index (χ1n) is 6.73. The summed E-state index contributed by atoms with van der Waals surface area (Å²) in [6, 6.07) is -0.681. The molecule has 0 aromatic carbocycles. The molecule has 0 aromatic rings. The summed E-state index contributed by atoms with van der Waals surface area (Å²) in [6.07, 6.45) is 0.492. The number of hydrogen-bond donors (Lipinski definition) is 2. The van der Waals surface area contributed by atoms with Crippen molar-refractivity contribution < 1.29 is 19.1 Å². The molecule has 0 aliphatic rings. The number of carbonyl (C=O) groups is 3. The summed E-state index contributed by atoms with van der Waals surface area (Å²) in [5, 5.41) is 5.11. The van der Waals surface area contributed by atoms with Crippen molar-refractivity contribution in [2.45, 2.75) is 47.1 Å². The predicted octanol–water partition coefficient (Wildman–Crippen LogP) is 0.853. The Kier molecular flexibility index (Phi) is 7.24. The van der Waals surface area contributed by atoms with Gasteiger partial charge in [-0.25, -0.2) is 4.79 Å². The molecule has 116 valence electrons. The Labute approximate surface area is 120 Å². The lowest BCUT2D eigenvalue weighted by atomic mass is 9.96. The van der Waals surface area contributed by atoms with Crippen LogP contribution in [0.25, 0.3) is 0 Å². The molecule has 6 heteroatoms. The van der Waals surface area contributed by atoms with Gasteiger partial charge >= 0.3 is 5.97 Å². The molecule has 0 radical (unpaired) electrons. The number of ether oxygens (including phenoxy) is 1. The maximum absolute atomic E-state index is 11.8. The molecule has 0 rings (SSSR count). The second kappa shape index (κ2) is 7.87. The van der Waals surface area contributed by atoms with Gasteiger partial charge in [-0.3, -0.25) is 9.59 Å². The predicted molar refractivity (Wildman–Crippen MR) is 75.9 cm³/mol. The van der Waals surface area contributed by atoms with Crippen LogP contribution >= 0.6 is 0 Å². The Morgan fingerprint density at radius 1 is 1.15 bits per heavy atom. The summed E-state index contributed by atoms with van der Waals surface area (Å²) in [6.45, 7) is 9.03. The zero-order valence-electron chi connectivity index (χ0n) is 13.2. The lowest BCUT2D eigenvalue weighted by molar-refractivity contribution is -0.145. The minimum Gasteiger partial charge on any atom is -0.467 e. The van der Waals surface area contributed by atoms with E-state index in [4.69, 9.17) is 0 Å². The van der Waals surface area contributed by atoms with Gasteiger partial charge < -0.3 is 15.4 Å². The minimum absolute atomic E-state index is 0.151. The fraction of sp³-hybridized carbons (Fsp3) is 0.786. The van der Waals surface area contributed by atoms with Gasteiger partial charge in [0.1, 0.15) is 6.04 Å². The van der Waals surface area contributed by atoms with E-state index < -0.39 is 23.3 Å². The first-order chi connectivity index (χ1) is 9.07. The van der Waals surface area contributed by atoms with Crippen molar-refractivity contribution in [3.8, 4) is 0 Å². The van der Waals surface area contributed by atoms with Crippen molar-refractivity contribution >= 4 is 17.8 Å². The first-order valence-corrected chi connectivity index (χ1v) is 6.73. The summed E-state index contributed by atoms with van der Waals surface area (Å²) >= 11 is 0. The monoisotopic (exact) mass is 286 g/mol. The fourth-order valence-electron chi connectivity index (χ4n) is 1.50. The molecule has 0 saturated carbocycles. The van der Waals surface area contributed by atoms with Gasteiger partial charge in [0.15, 0.2) is 0 Å². The van der Waals surface area contributed by atoms with Crippen LogP contribution in [0.3, 0.4) is 0 Å². The second-order valence-electron chi connectivity index (χ2n) is 6.21. The van der Waals surface area contributed by atoms with E-state index in [9.17, 15) is 14.4 Å². The van der Waals surface area contributed by atoms with E-state index in [1.807, 2.05) is 13.8 Å². The van der Waals surface area contributed by atoms with Crippen LogP contribution < -0.4 is 10.6 Å². The molecule has 0 saturated heterocycles. The third-order valence-corrected chi connectivity index (χ3v) is 2.62. The zero-order valence-corrected chi connectivity index (χ0v) is 13.2. The lowest BCUT2D eigenvalue weighted by Gasteiger charge is -2.20. The van der Waals surface area contributed by atoms with Crippen LogP contribution in [0.5, 0.6) is 0 Å². The van der Waals surface area contributed by atoms with Crippen LogP contribution in [0.15, 0.2) is 0 Å². The normalized spacial score (nSPS) is 12.8. The molecule has 0 aliphatic heterocycles. The third kappa shape index (κ3) is 7.11. The minimum atomic E-state index is -0.681. The first kappa shape index (κ1) is 18.4. The lowest BCUT2D eigenvalue weighted by Crippen LogP contribution is -2.47. The van der Waals surface area contributed by atoms with Gasteiger partial charge in [-0.15, -0.1) is 0 Å². The van der Waals surface area contributed by atoms with Crippen molar-refractivity contribution in [1.82, 2.24) is 10.6 Å². The molecule has 1 atom stereocenters. The smallest absolute Gasteiger partial charge is 0.328 e. The Morgan fingerprint density at radius 3 is 2.10 bits per heavy atom. The van der Waals surface area contributed by atoms with Crippen LogP contribution in [-0.4, -0.2) is 37.5 Å². The van der Waals surface area contributed by atoms with Gasteiger partial charge in [-0.05, 0) is 12.3 Å². The summed E-state index contributed by atoms with van der Waals surface area (Å²) in [4.78, 5) is 34.9. The van der Waals surface area contributed by atoms with E-state index >= 15 is 0 Å². The number of amides is 2. The molecule has 2 N–H and O–H groups in total. The van der Waals surface area contributed by atoms with Crippen LogP contribution in [0.2, 0.25) is 0 Å². The van der Waals surface area contributed by atoms with Gasteiger partial charge in [0.25, 0.3) is 0 Å². The Bertz CT molecular complexity index is 359. The maximum atomic E-state index is 11.8. The van der Waals surface area contributed by atoms with Crippen LogP contribution in [0.1, 0.15) is 41.0 Å². The molecule has 0 aliphatic carbocycles. The highest BCUT2D eigenvalue weighted by molar-refractivity contribution is 5.89. The zero-order chi connectivity index (χ0) is 15.9. The standard InChI is InChI=1S/C14H26N2O4/c1-9(2)7-10(12(18)20-6)16-11(17)8-15-13(19)14(3,4)5/h9-10H,7-8H2,1-6H3,(H,15,19)(H,16,17). The molecule has 6 nitrogen and oxygen atoms in total. The van der Waals surface area contributed by atoms with E-state index in [0.717, 1.165) is 0 Å². The van der Waals surface area contributed by atoms with Gasteiger partial charge in [0, 0.05) is 5.41 Å². The average Bonchev–Trinajstić information content (AvgIpc) is 2.32. The second-order valence-corrected chi connectivity index (χ2v) is 6.21. The van der Waals surface area contributed by atoms with Gasteiger partial charge in [-0.2, -0.15) is 0 Å². The topological polar surface area (TPSA) is 84.5 Å². The number of nitrogens with one attached hydrogen (secondary N) is 2. The van der Waals surface area contributed by atoms with E-state index in [-0.39, 0.29) is 18.4 Å². The van der Waals surface area contributed by atoms with E-state index in [0.29, 0.717) is 6.42 Å². The highest BCUT2D eigenvalue weighted by Gasteiger charge is 2.24. The van der Waals surface area contributed by atoms with Crippen LogP contribution in [-0.2, 0) is 19.1 Å². The Balaban J connectivity index is 4.40. The van der Waals surface area contributed by atoms with Crippen molar-refractivity contribution in [1.29, 1.82) is 0 Å². The van der Waals surface area contributed by atoms with Gasteiger partial charge in [-0.1, -0.05) is 34.6 Å². The van der Waals surface area contributed by atoms with Gasteiger partial charge in [0.2, 0.25) is 11.8 Å². The molecule has 2 amide bonds. The summed E-state index contributed by atoms with van der Waals surface area (Å²) in [7, 11) is 1.28. The van der Waals surface area contributed by atoms with Crippen molar-refractivity contribution in [2.24, 2.45) is 11.3 Å². The SMILES string of the molecule is COC(=O)C(CC(C)C)NC(=O)CNC(=O)C(C)(C)C. The molecule has 20 heavy (non-hydrogen) atoms. The quantitative estimate of drug-likeness (QED) is 0.709. The number of esters is 1. The molecule has 0 fully saturated rings. The molecule has 0 spiro atoms. The maximum Gasteiger partial charge on any atom is 0.328 e. The fourth-order valence-corrected chi connectivity index (χ4v) is 1.50. The molecule has 1 unspecified atom stereocenters. The highest BCUT2D eigenvalue weighted by atomic mass is 16.5. The molecule has 0 heterocycles. The van der Waals surface area contributed by atoms with Crippen molar-refractivity contribution in [2.75, 3.05) is 13.7 Å². The molecule has 0 bridgehead atoms.